The average Bonchev–Trinajstić information content (AvgIpc) is 2.59. The predicted octanol–water partition coefficient (Wildman–Crippen LogP) is 4.10. The third-order valence-corrected chi connectivity index (χ3v) is 3.99. The molecule has 0 radical (unpaired) electrons. The molecule has 0 saturated carbocycles. The van der Waals surface area contributed by atoms with Crippen molar-refractivity contribution < 1.29 is 9.66 Å². The minimum Gasteiger partial charge on any atom is -0.472 e. The summed E-state index contributed by atoms with van der Waals surface area (Å²) in [5, 5.41) is 12.5. The number of nitrogens with zero attached hydrogens (tertiary/aromatic N) is 3. The van der Waals surface area contributed by atoms with Crippen molar-refractivity contribution in [2.24, 2.45) is 0 Å². The van der Waals surface area contributed by atoms with E-state index < -0.39 is 0 Å². The Hall–Kier alpha value is -3.15. The van der Waals surface area contributed by atoms with Gasteiger partial charge in [-0.05, 0) is 42.3 Å². The van der Waals surface area contributed by atoms with E-state index in [4.69, 9.17) is 4.74 Å². The van der Waals surface area contributed by atoms with E-state index in [0.29, 0.717) is 23.3 Å². The molecule has 0 amide bonds. The van der Waals surface area contributed by atoms with Crippen LogP contribution in [0.25, 0.3) is 10.8 Å². The summed E-state index contributed by atoms with van der Waals surface area (Å²) < 4.78 is 5.85. The number of aryl methyl sites for hydroxylation is 1. The summed E-state index contributed by atoms with van der Waals surface area (Å²) in [6.07, 6.45) is 1.54. The van der Waals surface area contributed by atoms with Crippen molar-refractivity contribution in [3.8, 4) is 5.88 Å². The van der Waals surface area contributed by atoms with Gasteiger partial charge in [0.2, 0.25) is 5.88 Å². The van der Waals surface area contributed by atoms with Gasteiger partial charge >= 0.3 is 0 Å². The number of ether oxygens (including phenoxy) is 1. The zero-order valence-electron chi connectivity index (χ0n) is 14.4. The number of benzene rings is 2. The maximum absolute atomic E-state index is 11.3. The maximum Gasteiger partial charge on any atom is 0.277 e. The van der Waals surface area contributed by atoms with Crippen LogP contribution in [0.2, 0.25) is 0 Å². The van der Waals surface area contributed by atoms with Gasteiger partial charge in [-0.3, -0.25) is 10.1 Å². The van der Waals surface area contributed by atoms with Crippen molar-refractivity contribution >= 4 is 22.1 Å². The highest BCUT2D eigenvalue weighted by Gasteiger charge is 2.16. The van der Waals surface area contributed by atoms with Crippen molar-refractivity contribution in [2.45, 2.75) is 13.5 Å². The van der Waals surface area contributed by atoms with Gasteiger partial charge in [-0.2, -0.15) is 0 Å². The zero-order valence-corrected chi connectivity index (χ0v) is 14.4. The highest BCUT2D eigenvalue weighted by molar-refractivity contribution is 5.94. The molecule has 1 heterocycles. The summed E-state index contributed by atoms with van der Waals surface area (Å²) in [5.41, 5.74) is 2.98. The Morgan fingerprint density at radius 3 is 2.48 bits per heavy atom. The molecule has 6 heteroatoms. The van der Waals surface area contributed by atoms with E-state index in [0.717, 1.165) is 16.8 Å². The molecule has 0 N–H and O–H groups in total. The lowest BCUT2D eigenvalue weighted by Gasteiger charge is -2.13. The minimum absolute atomic E-state index is 0.0672. The molecule has 25 heavy (non-hydrogen) atoms. The molecule has 3 aromatic rings. The molecule has 0 spiro atoms. The van der Waals surface area contributed by atoms with Gasteiger partial charge in [0.1, 0.15) is 6.61 Å². The third-order valence-electron chi connectivity index (χ3n) is 3.99. The SMILES string of the molecule is Cc1cc([N+](=O)[O-])c2ccnc(OCc3ccc(N(C)C)cc3)c2c1. The van der Waals surface area contributed by atoms with Crippen molar-refractivity contribution in [2.75, 3.05) is 19.0 Å². The van der Waals surface area contributed by atoms with Gasteiger partial charge in [0, 0.05) is 32.0 Å². The number of hydrogen-bond acceptors (Lipinski definition) is 5. The van der Waals surface area contributed by atoms with Gasteiger partial charge in [-0.15, -0.1) is 0 Å². The first-order chi connectivity index (χ1) is 12.0. The average molecular weight is 337 g/mol. The van der Waals surface area contributed by atoms with Gasteiger partial charge in [-0.1, -0.05) is 12.1 Å². The van der Waals surface area contributed by atoms with Crippen molar-refractivity contribution in [3.63, 3.8) is 0 Å². The van der Waals surface area contributed by atoms with Crippen LogP contribution in [0.15, 0.2) is 48.7 Å². The zero-order chi connectivity index (χ0) is 18.0. The number of anilines is 1. The first-order valence-corrected chi connectivity index (χ1v) is 7.88. The van der Waals surface area contributed by atoms with Crippen LogP contribution in [0.1, 0.15) is 11.1 Å². The molecule has 0 aliphatic rings. The molecule has 0 aliphatic carbocycles. The molecule has 0 saturated heterocycles. The van der Waals surface area contributed by atoms with Crippen molar-refractivity contribution in [1.82, 2.24) is 4.98 Å². The molecule has 3 rings (SSSR count). The van der Waals surface area contributed by atoms with Crippen LogP contribution in [-0.2, 0) is 6.61 Å². The fourth-order valence-corrected chi connectivity index (χ4v) is 2.69. The molecule has 0 bridgehead atoms. The van der Waals surface area contributed by atoms with Gasteiger partial charge < -0.3 is 9.64 Å². The van der Waals surface area contributed by atoms with Gasteiger partial charge in [0.25, 0.3) is 5.69 Å². The number of non-ortho nitro benzene ring substituents is 1. The first kappa shape index (κ1) is 16.7. The molecular weight excluding hydrogens is 318 g/mol. The molecule has 6 nitrogen and oxygen atoms in total. The highest BCUT2D eigenvalue weighted by atomic mass is 16.6. The summed E-state index contributed by atoms with van der Waals surface area (Å²) in [4.78, 5) is 17.2. The molecule has 0 unspecified atom stereocenters. The quantitative estimate of drug-likeness (QED) is 0.518. The van der Waals surface area contributed by atoms with E-state index in [1.807, 2.05) is 56.3 Å². The van der Waals surface area contributed by atoms with E-state index in [9.17, 15) is 10.1 Å². The first-order valence-electron chi connectivity index (χ1n) is 7.88. The van der Waals surface area contributed by atoms with Gasteiger partial charge in [-0.25, -0.2) is 4.98 Å². The van der Waals surface area contributed by atoms with Crippen LogP contribution in [0, 0.1) is 17.0 Å². The Labute approximate surface area is 145 Å². The normalized spacial score (nSPS) is 10.7. The molecule has 0 atom stereocenters. The summed E-state index contributed by atoms with van der Waals surface area (Å²) in [5.74, 6) is 0.404. The van der Waals surface area contributed by atoms with Crippen molar-refractivity contribution in [3.05, 3.63) is 69.9 Å². The van der Waals surface area contributed by atoms with E-state index in [2.05, 4.69) is 4.98 Å². The number of pyridine rings is 1. The molecule has 0 aliphatic heterocycles. The molecule has 1 aromatic heterocycles. The fraction of sp³-hybridized carbons (Fsp3) is 0.211. The van der Waals surface area contributed by atoms with Crippen LogP contribution in [0.5, 0.6) is 5.88 Å². The van der Waals surface area contributed by atoms with E-state index in [1.165, 1.54) is 6.20 Å². The maximum atomic E-state index is 11.3. The Balaban J connectivity index is 1.90. The van der Waals surface area contributed by atoms with Crippen LogP contribution >= 0.6 is 0 Å². The number of nitro groups is 1. The topological polar surface area (TPSA) is 68.5 Å². The largest absolute Gasteiger partial charge is 0.472 e. The standard InChI is InChI=1S/C19H19N3O3/c1-13-10-17-16(18(11-13)22(23)24)8-9-20-19(17)25-12-14-4-6-15(7-5-14)21(2)3/h4-11H,12H2,1-3H3. The van der Waals surface area contributed by atoms with Crippen LogP contribution < -0.4 is 9.64 Å². The number of hydrogen-bond donors (Lipinski definition) is 0. The highest BCUT2D eigenvalue weighted by Crippen LogP contribution is 2.32. The summed E-state index contributed by atoms with van der Waals surface area (Å²) in [7, 11) is 3.97. The smallest absolute Gasteiger partial charge is 0.277 e. The summed E-state index contributed by atoms with van der Waals surface area (Å²) in [6, 6.07) is 13.1. The van der Waals surface area contributed by atoms with E-state index >= 15 is 0 Å². The van der Waals surface area contributed by atoms with E-state index in [-0.39, 0.29) is 10.6 Å². The second-order valence-electron chi connectivity index (χ2n) is 6.10. The Kier molecular flexibility index (Phi) is 4.52. The Morgan fingerprint density at radius 1 is 1.12 bits per heavy atom. The summed E-state index contributed by atoms with van der Waals surface area (Å²) >= 11 is 0. The van der Waals surface area contributed by atoms with Crippen molar-refractivity contribution in [1.29, 1.82) is 0 Å². The number of rotatable bonds is 5. The lowest BCUT2D eigenvalue weighted by atomic mass is 10.1. The van der Waals surface area contributed by atoms with Gasteiger partial charge in [0.15, 0.2) is 0 Å². The van der Waals surface area contributed by atoms with Gasteiger partial charge in [0.05, 0.1) is 15.7 Å². The Bertz CT molecular complexity index is 921. The number of fused-ring (bicyclic) bond motifs is 1. The molecule has 128 valence electrons. The molecule has 2 aromatic carbocycles. The minimum atomic E-state index is -0.376. The van der Waals surface area contributed by atoms with Crippen LogP contribution in [-0.4, -0.2) is 24.0 Å². The van der Waals surface area contributed by atoms with E-state index in [1.54, 1.807) is 12.1 Å². The third kappa shape index (κ3) is 3.52. The summed E-state index contributed by atoms with van der Waals surface area (Å²) in [6.45, 7) is 2.17. The fourth-order valence-electron chi connectivity index (χ4n) is 2.69. The molecular formula is C19H19N3O3. The monoisotopic (exact) mass is 337 g/mol. The lowest BCUT2D eigenvalue weighted by molar-refractivity contribution is -0.383. The van der Waals surface area contributed by atoms with Crippen LogP contribution in [0.4, 0.5) is 11.4 Å². The second-order valence-corrected chi connectivity index (χ2v) is 6.10. The predicted molar refractivity (Wildman–Crippen MR) is 98.2 cm³/mol. The molecule has 0 fully saturated rings. The van der Waals surface area contributed by atoms with Crippen LogP contribution in [0.3, 0.4) is 0 Å². The second kappa shape index (κ2) is 6.76. The number of aromatic nitrogens is 1. The Morgan fingerprint density at radius 2 is 1.84 bits per heavy atom. The lowest BCUT2D eigenvalue weighted by Crippen LogP contribution is -2.08. The number of nitro benzene ring substituents is 1.